The zero-order valence-electron chi connectivity index (χ0n) is 12.3. The molecule has 1 heterocycles. The molecule has 21 heavy (non-hydrogen) atoms. The highest BCUT2D eigenvalue weighted by Gasteiger charge is 2.18. The van der Waals surface area contributed by atoms with Crippen molar-refractivity contribution in [2.45, 2.75) is 26.8 Å². The molecule has 0 unspecified atom stereocenters. The second-order valence-electron chi connectivity index (χ2n) is 5.25. The maximum atomic E-state index is 6.13. The van der Waals surface area contributed by atoms with Crippen molar-refractivity contribution >= 4 is 46.0 Å². The zero-order chi connectivity index (χ0) is 15.4. The molecular weight excluding hydrogens is 320 g/mol. The van der Waals surface area contributed by atoms with Gasteiger partial charge in [0.2, 0.25) is 0 Å². The molecule has 2 aromatic rings. The van der Waals surface area contributed by atoms with E-state index in [1.54, 1.807) is 11.3 Å². The summed E-state index contributed by atoms with van der Waals surface area (Å²) in [4.78, 5) is 1.29. The van der Waals surface area contributed by atoms with Crippen LogP contribution in [-0.2, 0) is 0 Å². The van der Waals surface area contributed by atoms with Crippen LogP contribution in [0.15, 0.2) is 35.7 Å². The highest BCUT2D eigenvalue weighted by Crippen LogP contribution is 2.27. The molecule has 2 N–H and O–H groups in total. The van der Waals surface area contributed by atoms with Crippen molar-refractivity contribution in [3.8, 4) is 0 Å². The molecule has 2 rings (SSSR count). The summed E-state index contributed by atoms with van der Waals surface area (Å²) in [7, 11) is 0. The summed E-state index contributed by atoms with van der Waals surface area (Å²) >= 11 is 13.3. The lowest BCUT2D eigenvalue weighted by Crippen LogP contribution is -2.34. The lowest BCUT2D eigenvalue weighted by atomic mass is 10.0. The van der Waals surface area contributed by atoms with Crippen LogP contribution in [0.3, 0.4) is 0 Å². The molecule has 1 aromatic heterocycles. The van der Waals surface area contributed by atoms with Crippen LogP contribution in [0.5, 0.6) is 0 Å². The first kappa shape index (κ1) is 16.3. The molecule has 0 amide bonds. The van der Waals surface area contributed by atoms with Crippen molar-refractivity contribution in [2.24, 2.45) is 5.92 Å². The van der Waals surface area contributed by atoms with E-state index in [1.807, 2.05) is 25.1 Å². The van der Waals surface area contributed by atoms with Crippen molar-refractivity contribution < 1.29 is 0 Å². The molecule has 0 aliphatic heterocycles. The van der Waals surface area contributed by atoms with Crippen molar-refractivity contribution in [3.63, 3.8) is 0 Å². The van der Waals surface area contributed by atoms with Gasteiger partial charge >= 0.3 is 0 Å². The fourth-order valence-corrected chi connectivity index (χ4v) is 3.44. The van der Waals surface area contributed by atoms with E-state index < -0.39 is 0 Å². The summed E-state index contributed by atoms with van der Waals surface area (Å²) in [5.74, 6) is 0.448. The summed E-state index contributed by atoms with van der Waals surface area (Å²) in [5, 5.41) is 10.1. The van der Waals surface area contributed by atoms with E-state index in [2.05, 4.69) is 42.0 Å². The second-order valence-corrected chi connectivity index (χ2v) is 7.04. The van der Waals surface area contributed by atoms with E-state index in [1.165, 1.54) is 4.88 Å². The summed E-state index contributed by atoms with van der Waals surface area (Å²) < 4.78 is 0. The Morgan fingerprint density at radius 3 is 2.62 bits per heavy atom. The third kappa shape index (κ3) is 4.19. The molecule has 0 saturated carbocycles. The third-order valence-electron chi connectivity index (χ3n) is 3.32. The van der Waals surface area contributed by atoms with Gasteiger partial charge in [-0.2, -0.15) is 0 Å². The lowest BCUT2D eigenvalue weighted by Gasteiger charge is -2.23. The number of anilines is 1. The van der Waals surface area contributed by atoms with Crippen LogP contribution in [-0.4, -0.2) is 5.11 Å². The van der Waals surface area contributed by atoms with Gasteiger partial charge in [0.1, 0.15) is 0 Å². The SMILES string of the molecule is Cc1c(Cl)cccc1NC(=S)N[C@H](c1cccs1)C(C)C. The number of hydrogen-bond acceptors (Lipinski definition) is 2. The molecule has 0 radical (unpaired) electrons. The van der Waals surface area contributed by atoms with Gasteiger partial charge in [-0.15, -0.1) is 11.3 Å². The van der Waals surface area contributed by atoms with E-state index in [4.69, 9.17) is 23.8 Å². The number of rotatable bonds is 4. The molecule has 0 bridgehead atoms. The minimum absolute atomic E-state index is 0.212. The number of nitrogens with one attached hydrogen (secondary N) is 2. The molecule has 1 aromatic carbocycles. The fraction of sp³-hybridized carbons (Fsp3) is 0.312. The summed E-state index contributed by atoms with van der Waals surface area (Å²) in [6.07, 6.45) is 0. The average Bonchev–Trinajstić information content (AvgIpc) is 2.95. The quantitative estimate of drug-likeness (QED) is 0.730. The first-order valence-corrected chi connectivity index (χ1v) is 8.51. The normalized spacial score (nSPS) is 12.2. The molecule has 0 spiro atoms. The highest BCUT2D eigenvalue weighted by atomic mass is 35.5. The van der Waals surface area contributed by atoms with E-state index >= 15 is 0 Å². The van der Waals surface area contributed by atoms with E-state index in [9.17, 15) is 0 Å². The van der Waals surface area contributed by atoms with Crippen LogP contribution >= 0.6 is 35.2 Å². The second kappa shape index (κ2) is 7.25. The summed E-state index contributed by atoms with van der Waals surface area (Å²) in [6.45, 7) is 6.35. The fourth-order valence-electron chi connectivity index (χ4n) is 2.08. The monoisotopic (exact) mass is 338 g/mol. The lowest BCUT2D eigenvalue weighted by molar-refractivity contribution is 0.480. The van der Waals surface area contributed by atoms with Gasteiger partial charge < -0.3 is 10.6 Å². The van der Waals surface area contributed by atoms with Crippen molar-refractivity contribution in [1.82, 2.24) is 5.32 Å². The largest absolute Gasteiger partial charge is 0.355 e. The van der Waals surface area contributed by atoms with E-state index in [-0.39, 0.29) is 6.04 Å². The molecule has 0 aliphatic carbocycles. The van der Waals surface area contributed by atoms with Gasteiger partial charge in [0.25, 0.3) is 0 Å². The van der Waals surface area contributed by atoms with Crippen LogP contribution in [0, 0.1) is 12.8 Å². The number of thiocarbonyl (C=S) groups is 1. The topological polar surface area (TPSA) is 24.1 Å². The Kier molecular flexibility index (Phi) is 5.62. The van der Waals surface area contributed by atoms with Crippen LogP contribution < -0.4 is 10.6 Å². The summed E-state index contributed by atoms with van der Waals surface area (Å²) in [6, 6.07) is 10.2. The molecule has 0 aliphatic rings. The summed E-state index contributed by atoms with van der Waals surface area (Å²) in [5.41, 5.74) is 1.94. The molecule has 1 atom stereocenters. The minimum atomic E-state index is 0.212. The Hall–Kier alpha value is -1.10. The van der Waals surface area contributed by atoms with Gasteiger partial charge in [-0.3, -0.25) is 0 Å². The van der Waals surface area contributed by atoms with Gasteiger partial charge in [0.05, 0.1) is 6.04 Å². The van der Waals surface area contributed by atoms with Crippen LogP contribution in [0.2, 0.25) is 5.02 Å². The maximum absolute atomic E-state index is 6.13. The molecular formula is C16H19ClN2S2. The van der Waals surface area contributed by atoms with Crippen molar-refractivity contribution in [1.29, 1.82) is 0 Å². The van der Waals surface area contributed by atoms with Gasteiger partial charge in [-0.05, 0) is 54.2 Å². The predicted molar refractivity (Wildman–Crippen MR) is 97.4 cm³/mol. The maximum Gasteiger partial charge on any atom is 0.171 e. The van der Waals surface area contributed by atoms with Crippen LogP contribution in [0.4, 0.5) is 5.69 Å². The minimum Gasteiger partial charge on any atom is -0.355 e. The zero-order valence-corrected chi connectivity index (χ0v) is 14.7. The Bertz CT molecular complexity index is 609. The molecule has 5 heteroatoms. The third-order valence-corrected chi connectivity index (χ3v) is 4.90. The van der Waals surface area contributed by atoms with Crippen molar-refractivity contribution in [3.05, 3.63) is 51.2 Å². The first-order valence-electron chi connectivity index (χ1n) is 6.85. The number of hydrogen-bond donors (Lipinski definition) is 2. The Morgan fingerprint density at radius 2 is 2.00 bits per heavy atom. The van der Waals surface area contributed by atoms with E-state index in [0.29, 0.717) is 11.0 Å². The van der Waals surface area contributed by atoms with Gasteiger partial charge in [0.15, 0.2) is 5.11 Å². The highest BCUT2D eigenvalue weighted by molar-refractivity contribution is 7.80. The van der Waals surface area contributed by atoms with Gasteiger partial charge in [0, 0.05) is 15.6 Å². The van der Waals surface area contributed by atoms with E-state index in [0.717, 1.165) is 16.3 Å². The van der Waals surface area contributed by atoms with Crippen LogP contribution in [0.25, 0.3) is 0 Å². The molecule has 0 saturated heterocycles. The van der Waals surface area contributed by atoms with Crippen LogP contribution in [0.1, 0.15) is 30.3 Å². The number of thiophene rings is 1. The molecule has 112 valence electrons. The smallest absolute Gasteiger partial charge is 0.171 e. The molecule has 2 nitrogen and oxygen atoms in total. The Balaban J connectivity index is 2.08. The Morgan fingerprint density at radius 1 is 1.24 bits per heavy atom. The average molecular weight is 339 g/mol. The Labute approximate surface area is 140 Å². The number of halogens is 1. The number of benzene rings is 1. The standard InChI is InChI=1S/C16H19ClN2S2/c1-10(2)15(14-8-5-9-21-14)19-16(20)18-13-7-4-6-12(17)11(13)3/h4-10,15H,1-3H3,(H2,18,19,20)/t15-/m0/s1. The van der Waals surface area contributed by atoms with Gasteiger partial charge in [-0.25, -0.2) is 0 Å². The predicted octanol–water partition coefficient (Wildman–Crippen LogP) is 5.39. The van der Waals surface area contributed by atoms with Crippen molar-refractivity contribution in [2.75, 3.05) is 5.32 Å². The first-order chi connectivity index (χ1) is 9.99. The van der Waals surface area contributed by atoms with Gasteiger partial charge in [-0.1, -0.05) is 37.6 Å². The molecule has 0 fully saturated rings.